The largest absolute Gasteiger partial charge is 0.512 e. The molecule has 0 heterocycles. The van der Waals surface area contributed by atoms with Crippen molar-refractivity contribution in [3.05, 3.63) is 24.0 Å². The topological polar surface area (TPSA) is 40.5 Å². The zero-order chi connectivity index (χ0) is 8.53. The molecule has 2 N–H and O–H groups in total. The van der Waals surface area contributed by atoms with Gasteiger partial charge in [-0.05, 0) is 12.5 Å². The fourth-order valence-corrected chi connectivity index (χ4v) is 0.677. The molecule has 2 nitrogen and oxygen atoms in total. The molecule has 0 aromatic heterocycles. The highest BCUT2D eigenvalue weighted by Gasteiger charge is 1.85. The van der Waals surface area contributed by atoms with E-state index < -0.39 is 0 Å². The van der Waals surface area contributed by atoms with Crippen molar-refractivity contribution < 1.29 is 10.2 Å². The Labute approximate surface area is 67.9 Å². The molecule has 0 unspecified atom stereocenters. The molecule has 0 aromatic rings. The highest BCUT2D eigenvalue weighted by Crippen LogP contribution is 1.98. The van der Waals surface area contributed by atoms with Crippen LogP contribution < -0.4 is 0 Å². The zero-order valence-electron chi connectivity index (χ0n) is 6.95. The van der Waals surface area contributed by atoms with Crippen molar-refractivity contribution in [2.45, 2.75) is 26.2 Å². The average molecular weight is 156 g/mol. The number of aliphatic hydroxyl groups is 2. The molecule has 0 aliphatic heterocycles. The summed E-state index contributed by atoms with van der Waals surface area (Å²) < 4.78 is 0. The van der Waals surface area contributed by atoms with Gasteiger partial charge in [0.05, 0.1) is 12.4 Å². The van der Waals surface area contributed by atoms with Gasteiger partial charge in [-0.2, -0.15) is 0 Å². The maximum atomic E-state index is 9.00. The minimum atomic E-state index is -0.0898. The summed E-state index contributed by atoms with van der Waals surface area (Å²) in [7, 11) is 0. The van der Waals surface area contributed by atoms with E-state index in [0.717, 1.165) is 12.8 Å². The summed E-state index contributed by atoms with van der Waals surface area (Å²) in [6, 6.07) is 0. The molecule has 0 aromatic carbocycles. The maximum absolute atomic E-state index is 9.00. The molecule has 0 aliphatic carbocycles. The van der Waals surface area contributed by atoms with Gasteiger partial charge in [0.25, 0.3) is 0 Å². The number of hydrogen-bond acceptors (Lipinski definition) is 2. The van der Waals surface area contributed by atoms with Crippen molar-refractivity contribution in [1.29, 1.82) is 0 Å². The van der Waals surface area contributed by atoms with Crippen molar-refractivity contribution in [1.82, 2.24) is 0 Å². The fourth-order valence-electron chi connectivity index (χ4n) is 0.677. The highest BCUT2D eigenvalue weighted by atomic mass is 16.3. The van der Waals surface area contributed by atoms with E-state index in [1.165, 1.54) is 6.08 Å². The number of hydrogen-bond donors (Lipinski definition) is 2. The van der Waals surface area contributed by atoms with Gasteiger partial charge >= 0.3 is 0 Å². The second-order valence-corrected chi connectivity index (χ2v) is 2.34. The normalized spacial score (nSPS) is 12.7. The maximum Gasteiger partial charge on any atom is 0.0943 e. The smallest absolute Gasteiger partial charge is 0.0943 e. The van der Waals surface area contributed by atoms with Crippen LogP contribution in [0, 0.1) is 0 Å². The van der Waals surface area contributed by atoms with Gasteiger partial charge in [0.1, 0.15) is 0 Å². The molecule has 2 heteroatoms. The van der Waals surface area contributed by atoms with Crippen LogP contribution in [0.2, 0.25) is 0 Å². The second kappa shape index (κ2) is 7.35. The van der Waals surface area contributed by atoms with Crippen LogP contribution in [0.15, 0.2) is 24.0 Å². The van der Waals surface area contributed by atoms with E-state index in [4.69, 9.17) is 10.2 Å². The third-order valence-electron chi connectivity index (χ3n) is 1.28. The first-order chi connectivity index (χ1) is 5.31. The third-order valence-corrected chi connectivity index (χ3v) is 1.28. The van der Waals surface area contributed by atoms with E-state index in [0.29, 0.717) is 6.42 Å². The van der Waals surface area contributed by atoms with Crippen molar-refractivity contribution in [2.75, 3.05) is 6.61 Å². The minimum Gasteiger partial charge on any atom is -0.512 e. The molecule has 0 aliphatic rings. The van der Waals surface area contributed by atoms with Gasteiger partial charge in [-0.1, -0.05) is 25.5 Å². The first-order valence-electron chi connectivity index (χ1n) is 3.95. The van der Waals surface area contributed by atoms with Gasteiger partial charge in [0.2, 0.25) is 0 Å². The molecular formula is C9H16O2. The number of aliphatic hydroxyl groups excluding tert-OH is 2. The number of unbranched alkanes of at least 4 members (excludes halogenated alkanes) is 1. The monoisotopic (exact) mass is 156 g/mol. The van der Waals surface area contributed by atoms with Crippen LogP contribution in [0.3, 0.4) is 0 Å². The molecule has 0 rings (SSSR count). The lowest BCUT2D eigenvalue weighted by atomic mass is 10.2. The van der Waals surface area contributed by atoms with E-state index in [2.05, 4.69) is 6.92 Å². The van der Waals surface area contributed by atoms with Crippen LogP contribution in [-0.2, 0) is 0 Å². The van der Waals surface area contributed by atoms with E-state index >= 15 is 0 Å². The van der Waals surface area contributed by atoms with Crippen LogP contribution in [0.4, 0.5) is 0 Å². The number of rotatable bonds is 5. The summed E-state index contributed by atoms with van der Waals surface area (Å²) in [4.78, 5) is 0. The SMILES string of the molecule is CCCC=CCC(O)=CCO. The van der Waals surface area contributed by atoms with Gasteiger partial charge in [-0.15, -0.1) is 0 Å². The standard InChI is InChI=1S/C9H16O2/c1-2-3-4-5-6-9(11)7-8-10/h4-5,7,10-11H,2-3,6,8H2,1H3. The lowest BCUT2D eigenvalue weighted by Gasteiger charge is -1.91. The van der Waals surface area contributed by atoms with Gasteiger partial charge in [0, 0.05) is 6.42 Å². The molecule has 11 heavy (non-hydrogen) atoms. The summed E-state index contributed by atoms with van der Waals surface area (Å²) in [6.07, 6.45) is 8.04. The lowest BCUT2D eigenvalue weighted by molar-refractivity contribution is 0.327. The van der Waals surface area contributed by atoms with Crippen LogP contribution in [0.1, 0.15) is 26.2 Å². The van der Waals surface area contributed by atoms with Crippen molar-refractivity contribution in [3.8, 4) is 0 Å². The quantitative estimate of drug-likeness (QED) is 0.473. The molecule has 0 atom stereocenters. The number of allylic oxidation sites excluding steroid dienone is 2. The zero-order valence-corrected chi connectivity index (χ0v) is 6.95. The Morgan fingerprint density at radius 2 is 2.09 bits per heavy atom. The Morgan fingerprint density at radius 3 is 2.64 bits per heavy atom. The molecule has 0 spiro atoms. The van der Waals surface area contributed by atoms with Gasteiger partial charge < -0.3 is 10.2 Å². The molecule has 0 saturated carbocycles. The molecule has 0 radical (unpaired) electrons. The second-order valence-electron chi connectivity index (χ2n) is 2.34. The average Bonchev–Trinajstić information content (AvgIpc) is 1.99. The summed E-state index contributed by atoms with van der Waals surface area (Å²) in [6.45, 7) is 2.02. The van der Waals surface area contributed by atoms with Crippen molar-refractivity contribution in [2.24, 2.45) is 0 Å². The van der Waals surface area contributed by atoms with Crippen LogP contribution >= 0.6 is 0 Å². The Morgan fingerprint density at radius 1 is 1.36 bits per heavy atom. The van der Waals surface area contributed by atoms with Crippen molar-refractivity contribution >= 4 is 0 Å². The van der Waals surface area contributed by atoms with E-state index in [9.17, 15) is 0 Å². The summed E-state index contributed by atoms with van der Waals surface area (Å²) in [5, 5.41) is 17.4. The van der Waals surface area contributed by atoms with E-state index in [1.807, 2.05) is 12.2 Å². The molecule has 0 amide bonds. The van der Waals surface area contributed by atoms with Gasteiger partial charge in [0.15, 0.2) is 0 Å². The first kappa shape index (κ1) is 10.2. The molecule has 64 valence electrons. The molecular weight excluding hydrogens is 140 g/mol. The Balaban J connectivity index is 3.44. The predicted molar refractivity (Wildman–Crippen MR) is 46.5 cm³/mol. The Hall–Kier alpha value is -0.760. The summed E-state index contributed by atoms with van der Waals surface area (Å²) in [5.41, 5.74) is 0. The van der Waals surface area contributed by atoms with Crippen LogP contribution in [0.5, 0.6) is 0 Å². The van der Waals surface area contributed by atoms with E-state index in [-0.39, 0.29) is 12.4 Å². The summed E-state index contributed by atoms with van der Waals surface area (Å²) in [5.74, 6) is 0.236. The summed E-state index contributed by atoms with van der Waals surface area (Å²) >= 11 is 0. The molecule has 0 fully saturated rings. The van der Waals surface area contributed by atoms with E-state index in [1.54, 1.807) is 0 Å². The Kier molecular flexibility index (Phi) is 6.84. The van der Waals surface area contributed by atoms with Crippen LogP contribution in [0.25, 0.3) is 0 Å². The lowest BCUT2D eigenvalue weighted by Crippen LogP contribution is -1.81. The van der Waals surface area contributed by atoms with Gasteiger partial charge in [-0.3, -0.25) is 0 Å². The van der Waals surface area contributed by atoms with Gasteiger partial charge in [-0.25, -0.2) is 0 Å². The fraction of sp³-hybridized carbons (Fsp3) is 0.556. The Bertz CT molecular complexity index is 136. The predicted octanol–water partition coefficient (Wildman–Crippen LogP) is 2.17. The minimum absolute atomic E-state index is 0.0898. The molecule has 0 bridgehead atoms. The highest BCUT2D eigenvalue weighted by molar-refractivity contribution is 4.98. The molecule has 0 saturated heterocycles. The van der Waals surface area contributed by atoms with Crippen LogP contribution in [-0.4, -0.2) is 16.8 Å². The first-order valence-corrected chi connectivity index (χ1v) is 3.95. The third kappa shape index (κ3) is 7.13. The van der Waals surface area contributed by atoms with Crippen molar-refractivity contribution in [3.63, 3.8) is 0 Å².